The van der Waals surface area contributed by atoms with Gasteiger partial charge in [0, 0.05) is 49.4 Å². The minimum Gasteiger partial charge on any atom is -0.510 e. The van der Waals surface area contributed by atoms with Crippen molar-refractivity contribution in [2.45, 2.75) is 51.8 Å². The van der Waals surface area contributed by atoms with E-state index >= 15 is 4.39 Å². The molecule has 1 amide bonds. The number of Topliss-reactive ketones (excluding diaryl/α,β-unsaturated/α-hetero) is 2. The van der Waals surface area contributed by atoms with Crippen LogP contribution in [0.15, 0.2) is 28.7 Å². The van der Waals surface area contributed by atoms with Gasteiger partial charge in [-0.3, -0.25) is 24.2 Å². The van der Waals surface area contributed by atoms with Crippen molar-refractivity contribution >= 4 is 17.5 Å². The van der Waals surface area contributed by atoms with E-state index in [0.717, 1.165) is 0 Å². The van der Waals surface area contributed by atoms with Crippen LogP contribution in [0.4, 0.5) is 4.39 Å². The number of fused-ring (bicyclic) bond motifs is 3. The molecule has 3 aliphatic rings. The molecule has 42 heavy (non-hydrogen) atoms. The fourth-order valence-electron chi connectivity index (χ4n) is 6.81. The number of carbonyl (C=O) groups excluding carboxylic acids is 3. The third-order valence-corrected chi connectivity index (χ3v) is 8.43. The Kier molecular flexibility index (Phi) is 8.33. The lowest BCUT2D eigenvalue weighted by Gasteiger charge is -2.50. The van der Waals surface area contributed by atoms with E-state index in [-0.39, 0.29) is 47.1 Å². The summed E-state index contributed by atoms with van der Waals surface area (Å²) in [6, 6.07) is 0.0683. The van der Waals surface area contributed by atoms with Crippen molar-refractivity contribution in [3.63, 3.8) is 0 Å². The van der Waals surface area contributed by atoms with Gasteiger partial charge in [-0.05, 0) is 44.3 Å². The summed E-state index contributed by atoms with van der Waals surface area (Å²) in [7, 11) is 4.66. The molecule has 1 aromatic rings. The van der Waals surface area contributed by atoms with E-state index in [9.17, 15) is 34.8 Å². The lowest BCUT2D eigenvalue weighted by molar-refractivity contribution is -0.148. The number of hydrogen-bond donors (Lipinski definition) is 5. The number of aliphatic hydroxyl groups is 3. The van der Waals surface area contributed by atoms with E-state index in [0.29, 0.717) is 19.7 Å². The molecule has 0 heterocycles. The number of nitrogens with zero attached hydrogens (tertiary/aromatic N) is 2. The molecule has 4 rings (SSSR count). The fourth-order valence-corrected chi connectivity index (χ4v) is 6.81. The lowest BCUT2D eigenvalue weighted by atomic mass is 9.58. The molecule has 0 fully saturated rings. The van der Waals surface area contributed by atoms with Crippen molar-refractivity contribution in [1.82, 2.24) is 9.80 Å². The van der Waals surface area contributed by atoms with Crippen molar-refractivity contribution in [2.75, 3.05) is 40.9 Å². The van der Waals surface area contributed by atoms with Crippen molar-refractivity contribution in [2.24, 2.45) is 23.0 Å². The Morgan fingerprint density at radius 1 is 1.21 bits per heavy atom. The van der Waals surface area contributed by atoms with Crippen LogP contribution < -0.4 is 5.73 Å². The summed E-state index contributed by atoms with van der Waals surface area (Å²) in [6.45, 7) is 7.83. The predicted octanol–water partition coefficient (Wildman–Crippen LogP) is 1.75. The minimum absolute atomic E-state index is 0.0226. The fraction of sp³-hybridized carbons (Fsp3) is 0.567. The monoisotopic (exact) mass is 589 g/mol. The first-order valence-corrected chi connectivity index (χ1v) is 13.8. The number of ketones is 2. The minimum atomic E-state index is -2.74. The zero-order chi connectivity index (χ0) is 31.5. The third kappa shape index (κ3) is 5.10. The number of primary amides is 1. The number of aliphatic hydroxyl groups excluding tert-OH is 2. The van der Waals surface area contributed by atoms with Crippen LogP contribution in [-0.4, -0.2) is 100 Å². The molecule has 11 nitrogen and oxygen atoms in total. The third-order valence-electron chi connectivity index (χ3n) is 8.43. The Labute approximate surface area is 244 Å². The number of hydrogen-bond acceptors (Lipinski definition) is 10. The standard InChI is InChI=1S/C30H40FN3O8/c1-29(2,3)13-34(7-8-42-6)12-15-11-18(35)20-16(22(15)31)9-14-10-17-23(33(4)5)25(37)21(28(32)40)27(39)30(17,41)26(38)19(14)24(20)36/h11,14,17,23,35,37-38,41H,7-10,12-13H2,1-6H3,(H2,32,40)/t14-,17-,23-,30-/m0/s1. The number of nitrogens with two attached hydrogens (primary N) is 1. The number of phenols is 1. The topological polar surface area (TPSA) is 174 Å². The number of ether oxygens (including phenoxy) is 1. The average Bonchev–Trinajstić information content (AvgIpc) is 2.86. The summed E-state index contributed by atoms with van der Waals surface area (Å²) in [6.07, 6.45) is -0.223. The smallest absolute Gasteiger partial charge is 0.255 e. The van der Waals surface area contributed by atoms with E-state index in [1.807, 2.05) is 25.7 Å². The maximum absolute atomic E-state index is 16.1. The van der Waals surface area contributed by atoms with Gasteiger partial charge in [-0.1, -0.05) is 20.8 Å². The molecule has 0 radical (unpaired) electrons. The van der Waals surface area contributed by atoms with Gasteiger partial charge in [0.1, 0.15) is 28.7 Å². The molecule has 0 saturated heterocycles. The van der Waals surface area contributed by atoms with Crippen LogP contribution in [0.3, 0.4) is 0 Å². The largest absolute Gasteiger partial charge is 0.510 e. The Bertz CT molecular complexity index is 1400. The zero-order valence-corrected chi connectivity index (χ0v) is 24.8. The number of amides is 1. The highest BCUT2D eigenvalue weighted by molar-refractivity contribution is 6.24. The Morgan fingerprint density at radius 3 is 2.40 bits per heavy atom. The molecule has 0 unspecified atom stereocenters. The molecule has 4 atom stereocenters. The van der Waals surface area contributed by atoms with Crippen LogP contribution in [0, 0.1) is 23.1 Å². The quantitative estimate of drug-likeness (QED) is 0.281. The summed E-state index contributed by atoms with van der Waals surface area (Å²) in [5.74, 6) is -8.36. The molecule has 1 aromatic carbocycles. The van der Waals surface area contributed by atoms with E-state index in [1.165, 1.54) is 11.0 Å². The number of likely N-dealkylation sites (N-methyl/N-ethyl adjacent to an activating group) is 1. The van der Waals surface area contributed by atoms with Gasteiger partial charge in [0.2, 0.25) is 5.78 Å². The molecule has 0 spiro atoms. The van der Waals surface area contributed by atoms with E-state index in [1.54, 1.807) is 21.2 Å². The molecule has 0 aliphatic heterocycles. The maximum atomic E-state index is 16.1. The average molecular weight is 590 g/mol. The molecule has 0 aromatic heterocycles. The molecular formula is C30H40FN3O8. The van der Waals surface area contributed by atoms with Gasteiger partial charge >= 0.3 is 0 Å². The van der Waals surface area contributed by atoms with Crippen LogP contribution in [0.5, 0.6) is 5.75 Å². The number of carbonyl (C=O) groups is 3. The van der Waals surface area contributed by atoms with Gasteiger partial charge in [0.05, 0.1) is 18.2 Å². The number of benzene rings is 1. The van der Waals surface area contributed by atoms with Crippen LogP contribution in [0.2, 0.25) is 0 Å². The summed E-state index contributed by atoms with van der Waals surface area (Å²) in [4.78, 5) is 42.7. The van der Waals surface area contributed by atoms with Crippen molar-refractivity contribution in [3.8, 4) is 5.75 Å². The molecule has 230 valence electrons. The van der Waals surface area contributed by atoms with Crippen molar-refractivity contribution < 1.29 is 43.9 Å². The molecule has 6 N–H and O–H groups in total. The molecule has 0 bridgehead atoms. The Hall–Kier alpha value is -3.32. The predicted molar refractivity (Wildman–Crippen MR) is 150 cm³/mol. The Balaban J connectivity index is 1.82. The van der Waals surface area contributed by atoms with Crippen LogP contribution >= 0.6 is 0 Å². The highest BCUT2D eigenvalue weighted by Gasteiger charge is 2.63. The maximum Gasteiger partial charge on any atom is 0.255 e. The number of allylic oxidation sites excluding steroid dienone is 1. The van der Waals surface area contributed by atoms with Crippen LogP contribution in [0.1, 0.15) is 48.7 Å². The van der Waals surface area contributed by atoms with E-state index in [2.05, 4.69) is 0 Å². The van der Waals surface area contributed by atoms with Gasteiger partial charge in [0.25, 0.3) is 5.91 Å². The lowest BCUT2D eigenvalue weighted by Crippen LogP contribution is -2.63. The second-order valence-electron chi connectivity index (χ2n) is 12.9. The van der Waals surface area contributed by atoms with E-state index in [4.69, 9.17) is 10.5 Å². The molecule has 0 saturated carbocycles. The van der Waals surface area contributed by atoms with Gasteiger partial charge in [-0.25, -0.2) is 4.39 Å². The summed E-state index contributed by atoms with van der Waals surface area (Å²) in [5.41, 5.74) is 1.10. The van der Waals surface area contributed by atoms with Gasteiger partial charge in [-0.2, -0.15) is 0 Å². The number of rotatable bonds is 8. The highest BCUT2D eigenvalue weighted by atomic mass is 19.1. The van der Waals surface area contributed by atoms with Gasteiger partial charge < -0.3 is 30.9 Å². The normalized spacial score (nSPS) is 26.1. The molecule has 3 aliphatic carbocycles. The SMILES string of the molecule is COCCN(Cc1cc(O)c2c(c1F)C[C@H]1C[C@H]3[C@H](N(C)C)C(O)=C(C(N)=O)C(=O)[C@@]3(O)C(O)=C1C2=O)CC(C)(C)C. The van der Waals surface area contributed by atoms with Crippen molar-refractivity contribution in [3.05, 3.63) is 51.2 Å². The second-order valence-corrected chi connectivity index (χ2v) is 12.9. The molecule has 12 heteroatoms. The van der Waals surface area contributed by atoms with Gasteiger partial charge in [-0.15, -0.1) is 0 Å². The first-order valence-electron chi connectivity index (χ1n) is 13.8. The summed E-state index contributed by atoms with van der Waals surface area (Å²) < 4.78 is 21.4. The molecular weight excluding hydrogens is 549 g/mol. The first-order chi connectivity index (χ1) is 19.4. The van der Waals surface area contributed by atoms with Gasteiger partial charge in [0.15, 0.2) is 11.4 Å². The van der Waals surface area contributed by atoms with E-state index < -0.39 is 69.6 Å². The zero-order valence-electron chi connectivity index (χ0n) is 24.8. The Morgan fingerprint density at radius 2 is 1.86 bits per heavy atom. The number of phenolic OH excluding ortho intramolecular Hbond substituents is 1. The summed E-state index contributed by atoms with van der Waals surface area (Å²) in [5, 5.41) is 44.9. The number of halogens is 1. The van der Waals surface area contributed by atoms with Crippen molar-refractivity contribution in [1.29, 1.82) is 0 Å². The highest BCUT2D eigenvalue weighted by Crippen LogP contribution is 2.52. The summed E-state index contributed by atoms with van der Waals surface area (Å²) >= 11 is 0. The van der Waals surface area contributed by atoms with Crippen LogP contribution in [0.25, 0.3) is 0 Å². The van der Waals surface area contributed by atoms with Crippen LogP contribution in [-0.2, 0) is 27.3 Å². The first kappa shape index (κ1) is 31.6. The second kappa shape index (κ2) is 11.1. The number of aromatic hydroxyl groups is 1. The number of methoxy groups -OCH3 is 1.